The van der Waals surface area contributed by atoms with Gasteiger partial charge in [0, 0.05) is 0 Å². The zero-order chi connectivity index (χ0) is 19.2. The van der Waals surface area contributed by atoms with Gasteiger partial charge in [-0.15, -0.1) is 0 Å². The lowest BCUT2D eigenvalue weighted by Gasteiger charge is -2.15. The van der Waals surface area contributed by atoms with Crippen LogP contribution in [-0.2, 0) is 0 Å². The molecule has 0 N–H and O–H groups in total. The van der Waals surface area contributed by atoms with E-state index in [4.69, 9.17) is 0 Å². The molecule has 0 fully saturated rings. The fourth-order valence-electron chi connectivity index (χ4n) is 1.88. The number of hydrogen-bond acceptors (Lipinski definition) is 0. The van der Waals surface area contributed by atoms with E-state index in [-0.39, 0.29) is 0 Å². The molecule has 24 heavy (non-hydrogen) atoms. The van der Waals surface area contributed by atoms with E-state index in [1.807, 2.05) is 27.7 Å². The Hall–Kier alpha value is -1.13. The SMILES string of the molecule is CC.CC.C[Si](C)(C)c1ccccc1.C[Si](C)(C)c1ccccc1. The molecular weight excluding hydrogens is 320 g/mol. The molecule has 2 rings (SSSR count). The zero-order valence-corrected chi connectivity index (χ0v) is 19.8. The van der Waals surface area contributed by atoms with Gasteiger partial charge in [0.2, 0.25) is 0 Å². The summed E-state index contributed by atoms with van der Waals surface area (Å²) in [6.45, 7) is 22.2. The molecule has 0 nitrogen and oxygen atoms in total. The van der Waals surface area contributed by atoms with Gasteiger partial charge in [-0.3, -0.25) is 0 Å². The Balaban J connectivity index is 0. The standard InChI is InChI=1S/2C9H14Si.2C2H6/c2*1-10(2,3)9-7-5-4-6-8-9;2*1-2/h2*4-8H,1-3H3;2*1-2H3. The molecule has 0 heterocycles. The topological polar surface area (TPSA) is 0 Å². The molecule has 136 valence electrons. The van der Waals surface area contributed by atoms with E-state index in [1.54, 1.807) is 0 Å². The fraction of sp³-hybridized carbons (Fsp3) is 0.455. The van der Waals surface area contributed by atoms with Gasteiger partial charge in [0.1, 0.15) is 0 Å². The Bertz CT molecular complexity index is 441. The van der Waals surface area contributed by atoms with Crippen LogP contribution in [0.3, 0.4) is 0 Å². The van der Waals surface area contributed by atoms with Crippen LogP contribution in [0.1, 0.15) is 27.7 Å². The van der Waals surface area contributed by atoms with Gasteiger partial charge < -0.3 is 0 Å². The first-order chi connectivity index (χ1) is 11.2. The summed E-state index contributed by atoms with van der Waals surface area (Å²) in [6.07, 6.45) is 0. The highest BCUT2D eigenvalue weighted by molar-refractivity contribution is 6.89. The Morgan fingerprint density at radius 2 is 0.625 bits per heavy atom. The van der Waals surface area contributed by atoms with Crippen molar-refractivity contribution < 1.29 is 0 Å². The summed E-state index contributed by atoms with van der Waals surface area (Å²) >= 11 is 0. The van der Waals surface area contributed by atoms with Crippen molar-refractivity contribution in [2.45, 2.75) is 67.0 Å². The molecule has 2 aromatic carbocycles. The lowest BCUT2D eigenvalue weighted by molar-refractivity contribution is 1.50. The van der Waals surface area contributed by atoms with Gasteiger partial charge in [-0.1, -0.05) is 138 Å². The molecule has 0 unspecified atom stereocenters. The minimum atomic E-state index is -1.03. The second-order valence-corrected chi connectivity index (χ2v) is 17.4. The molecule has 0 aliphatic carbocycles. The molecule has 0 amide bonds. The van der Waals surface area contributed by atoms with E-state index in [0.29, 0.717) is 0 Å². The van der Waals surface area contributed by atoms with Crippen molar-refractivity contribution in [1.82, 2.24) is 0 Å². The van der Waals surface area contributed by atoms with Gasteiger partial charge in [-0.05, 0) is 0 Å². The van der Waals surface area contributed by atoms with Crippen molar-refractivity contribution in [2.24, 2.45) is 0 Å². The summed E-state index contributed by atoms with van der Waals surface area (Å²) in [5.41, 5.74) is 0. The number of benzene rings is 2. The first-order valence-electron chi connectivity index (χ1n) is 9.32. The van der Waals surface area contributed by atoms with E-state index in [9.17, 15) is 0 Å². The predicted molar refractivity (Wildman–Crippen MR) is 122 cm³/mol. The third-order valence-corrected chi connectivity index (χ3v) is 7.41. The van der Waals surface area contributed by atoms with E-state index >= 15 is 0 Å². The van der Waals surface area contributed by atoms with Gasteiger partial charge in [-0.2, -0.15) is 0 Å². The molecule has 0 aliphatic heterocycles. The molecule has 0 bridgehead atoms. The lowest BCUT2D eigenvalue weighted by Crippen LogP contribution is -2.37. The van der Waals surface area contributed by atoms with Crippen molar-refractivity contribution >= 4 is 26.5 Å². The van der Waals surface area contributed by atoms with Crippen molar-refractivity contribution in [3.05, 3.63) is 60.7 Å². The zero-order valence-electron chi connectivity index (χ0n) is 17.8. The quantitative estimate of drug-likeness (QED) is 0.535. The smallest absolute Gasteiger partial charge is 0.0683 e. The van der Waals surface area contributed by atoms with Crippen LogP contribution in [-0.4, -0.2) is 16.1 Å². The largest absolute Gasteiger partial charge is 0.0775 e. The third kappa shape index (κ3) is 11.4. The van der Waals surface area contributed by atoms with Crippen molar-refractivity contribution in [3.8, 4) is 0 Å². The van der Waals surface area contributed by atoms with E-state index < -0.39 is 16.1 Å². The summed E-state index contributed by atoms with van der Waals surface area (Å²) in [7, 11) is -2.07. The Labute approximate surface area is 154 Å². The summed E-state index contributed by atoms with van der Waals surface area (Å²) in [6, 6.07) is 21.5. The molecule has 2 heteroatoms. The van der Waals surface area contributed by atoms with Crippen molar-refractivity contribution in [2.75, 3.05) is 0 Å². The number of hydrogen-bond donors (Lipinski definition) is 0. The minimum absolute atomic E-state index is 1.03. The average Bonchev–Trinajstić information content (AvgIpc) is 2.59. The van der Waals surface area contributed by atoms with Crippen molar-refractivity contribution in [3.63, 3.8) is 0 Å². The van der Waals surface area contributed by atoms with E-state index in [2.05, 4.69) is 99.9 Å². The van der Waals surface area contributed by atoms with Crippen molar-refractivity contribution in [1.29, 1.82) is 0 Å². The van der Waals surface area contributed by atoms with Crippen LogP contribution in [0.2, 0.25) is 39.3 Å². The Morgan fingerprint density at radius 1 is 0.417 bits per heavy atom. The van der Waals surface area contributed by atoms with Crippen LogP contribution < -0.4 is 10.4 Å². The maximum absolute atomic E-state index is 2.36. The van der Waals surface area contributed by atoms with Crippen LogP contribution >= 0.6 is 0 Å². The fourth-order valence-corrected chi connectivity index (χ4v) is 4.26. The van der Waals surface area contributed by atoms with E-state index in [0.717, 1.165) is 0 Å². The maximum atomic E-state index is 2.36. The lowest BCUT2D eigenvalue weighted by atomic mass is 10.4. The molecular formula is C22H40Si2. The molecule has 0 spiro atoms. The Morgan fingerprint density at radius 3 is 0.750 bits per heavy atom. The summed E-state index contributed by atoms with van der Waals surface area (Å²) in [4.78, 5) is 0. The first-order valence-corrected chi connectivity index (χ1v) is 16.3. The van der Waals surface area contributed by atoms with Crippen LogP contribution in [0, 0.1) is 0 Å². The molecule has 0 atom stereocenters. The predicted octanol–water partition coefficient (Wildman–Crippen LogP) is 6.52. The van der Waals surface area contributed by atoms with Crippen LogP contribution in [0.25, 0.3) is 0 Å². The highest BCUT2D eigenvalue weighted by atomic mass is 28.3. The van der Waals surface area contributed by atoms with Crippen LogP contribution in [0.5, 0.6) is 0 Å². The molecule has 0 saturated heterocycles. The molecule has 0 aliphatic rings. The summed E-state index contributed by atoms with van der Waals surface area (Å²) < 4.78 is 0. The van der Waals surface area contributed by atoms with Gasteiger partial charge in [0.25, 0.3) is 0 Å². The second kappa shape index (κ2) is 13.2. The normalized spacial score (nSPS) is 10.1. The number of rotatable bonds is 2. The third-order valence-electron chi connectivity index (χ3n) is 3.28. The van der Waals surface area contributed by atoms with Gasteiger partial charge in [0.05, 0.1) is 16.1 Å². The van der Waals surface area contributed by atoms with Gasteiger partial charge in [0.15, 0.2) is 0 Å². The van der Waals surface area contributed by atoms with Crippen LogP contribution in [0.15, 0.2) is 60.7 Å². The second-order valence-electron chi connectivity index (χ2n) is 7.23. The summed E-state index contributed by atoms with van der Waals surface area (Å²) in [5, 5.41) is 3.07. The monoisotopic (exact) mass is 360 g/mol. The first kappa shape index (κ1) is 25.1. The minimum Gasteiger partial charge on any atom is -0.0683 e. The molecule has 0 saturated carbocycles. The summed E-state index contributed by atoms with van der Waals surface area (Å²) in [5.74, 6) is 0. The van der Waals surface area contributed by atoms with E-state index in [1.165, 1.54) is 10.4 Å². The highest BCUT2D eigenvalue weighted by Crippen LogP contribution is 2.01. The molecule has 0 aromatic heterocycles. The van der Waals surface area contributed by atoms with Crippen LogP contribution in [0.4, 0.5) is 0 Å². The maximum Gasteiger partial charge on any atom is 0.0775 e. The molecule has 2 aromatic rings. The average molecular weight is 361 g/mol. The van der Waals surface area contributed by atoms with Gasteiger partial charge >= 0.3 is 0 Å². The van der Waals surface area contributed by atoms with Gasteiger partial charge in [-0.25, -0.2) is 0 Å². The molecule has 0 radical (unpaired) electrons. The highest BCUT2D eigenvalue weighted by Gasteiger charge is 2.15. The Kier molecular flexibility index (Phi) is 13.8.